The fourth-order valence-electron chi connectivity index (χ4n) is 8.19. The maximum atomic E-state index is 5.19. The molecular formula is C49H31N5. The molecule has 11 aromatic rings. The summed E-state index contributed by atoms with van der Waals surface area (Å²) >= 11 is 0. The Bertz CT molecular complexity index is 3150. The fourth-order valence-corrected chi connectivity index (χ4v) is 8.19. The van der Waals surface area contributed by atoms with Crippen LogP contribution < -0.4 is 0 Å². The standard InChI is InChI=1S/C49H31N5/c1-3-17-33(18-4-1)47-50-48(34-19-5-2-6-20-34)52-49(51-47)40-25-11-14-28-44(40)54-43-27-13-10-24-37(43)39-31-30-38-36-23-9-12-26-42(36)53(45(38)46(39)54)41-29-15-21-32-16-7-8-22-35(32)41/h1-31H. The molecular weight excluding hydrogens is 659 g/mol. The van der Waals surface area contributed by atoms with Crippen LogP contribution in [-0.4, -0.2) is 24.1 Å². The van der Waals surface area contributed by atoms with Crippen LogP contribution in [0.15, 0.2) is 188 Å². The summed E-state index contributed by atoms with van der Waals surface area (Å²) < 4.78 is 4.90. The number of hydrogen-bond acceptors (Lipinski definition) is 3. The maximum absolute atomic E-state index is 5.19. The van der Waals surface area contributed by atoms with Gasteiger partial charge in [-0.2, -0.15) is 0 Å². The Morgan fingerprint density at radius 1 is 0.296 bits per heavy atom. The minimum absolute atomic E-state index is 0.617. The highest BCUT2D eigenvalue weighted by Crippen LogP contribution is 2.43. The van der Waals surface area contributed by atoms with E-state index < -0.39 is 0 Å². The zero-order chi connectivity index (χ0) is 35.6. The van der Waals surface area contributed by atoms with Crippen LogP contribution in [0.25, 0.3) is 99.9 Å². The Balaban J connectivity index is 1.28. The van der Waals surface area contributed by atoms with Gasteiger partial charge in [-0.3, -0.25) is 0 Å². The predicted octanol–water partition coefficient (Wildman–Crippen LogP) is 12.2. The van der Waals surface area contributed by atoms with Crippen molar-refractivity contribution in [3.8, 4) is 45.5 Å². The van der Waals surface area contributed by atoms with E-state index in [-0.39, 0.29) is 0 Å². The molecule has 0 saturated carbocycles. The Kier molecular flexibility index (Phi) is 6.79. The summed E-state index contributed by atoms with van der Waals surface area (Å²) in [5.74, 6) is 1.89. The minimum Gasteiger partial charge on any atom is -0.307 e. The van der Waals surface area contributed by atoms with Crippen LogP contribution in [0.5, 0.6) is 0 Å². The molecule has 11 rings (SSSR count). The Morgan fingerprint density at radius 3 is 1.37 bits per heavy atom. The molecule has 0 atom stereocenters. The zero-order valence-electron chi connectivity index (χ0n) is 29.1. The van der Waals surface area contributed by atoms with Gasteiger partial charge in [-0.25, -0.2) is 15.0 Å². The first-order valence-corrected chi connectivity index (χ1v) is 18.2. The first kappa shape index (κ1) is 30.3. The average molecular weight is 690 g/mol. The number of nitrogens with zero attached hydrogens (tertiary/aromatic N) is 5. The van der Waals surface area contributed by atoms with E-state index in [1.165, 1.54) is 37.8 Å². The van der Waals surface area contributed by atoms with Crippen LogP contribution in [0.4, 0.5) is 0 Å². The largest absolute Gasteiger partial charge is 0.307 e. The Morgan fingerprint density at radius 2 is 0.741 bits per heavy atom. The van der Waals surface area contributed by atoms with Crippen LogP contribution >= 0.6 is 0 Å². The lowest BCUT2D eigenvalue weighted by atomic mass is 10.1. The van der Waals surface area contributed by atoms with Gasteiger partial charge in [0, 0.05) is 43.6 Å². The molecule has 0 aliphatic carbocycles. The van der Waals surface area contributed by atoms with Crippen molar-refractivity contribution in [2.45, 2.75) is 0 Å². The quantitative estimate of drug-likeness (QED) is 0.181. The van der Waals surface area contributed by atoms with Gasteiger partial charge in [0.1, 0.15) is 0 Å². The number of aromatic nitrogens is 5. The van der Waals surface area contributed by atoms with E-state index in [0.29, 0.717) is 17.5 Å². The van der Waals surface area contributed by atoms with Crippen molar-refractivity contribution in [2.24, 2.45) is 0 Å². The maximum Gasteiger partial charge on any atom is 0.166 e. The predicted molar refractivity (Wildman–Crippen MR) is 222 cm³/mol. The third-order valence-corrected chi connectivity index (χ3v) is 10.6. The second kappa shape index (κ2) is 12.1. The molecule has 0 fully saturated rings. The van der Waals surface area contributed by atoms with Crippen molar-refractivity contribution >= 4 is 54.4 Å². The molecule has 0 N–H and O–H groups in total. The minimum atomic E-state index is 0.617. The van der Waals surface area contributed by atoms with Gasteiger partial charge in [0.15, 0.2) is 17.5 Å². The monoisotopic (exact) mass is 689 g/mol. The van der Waals surface area contributed by atoms with Crippen LogP contribution in [-0.2, 0) is 0 Å². The highest BCUT2D eigenvalue weighted by atomic mass is 15.1. The highest BCUT2D eigenvalue weighted by Gasteiger charge is 2.24. The number of fused-ring (bicyclic) bond motifs is 8. The summed E-state index contributed by atoms with van der Waals surface area (Å²) in [6, 6.07) is 66.2. The highest BCUT2D eigenvalue weighted by molar-refractivity contribution is 6.24. The second-order valence-electron chi connectivity index (χ2n) is 13.6. The van der Waals surface area contributed by atoms with Crippen LogP contribution in [0, 0.1) is 0 Å². The lowest BCUT2D eigenvalue weighted by Crippen LogP contribution is -2.04. The van der Waals surface area contributed by atoms with E-state index in [1.807, 2.05) is 36.4 Å². The molecule has 0 spiro atoms. The van der Waals surface area contributed by atoms with Crippen molar-refractivity contribution in [1.82, 2.24) is 24.1 Å². The molecule has 0 amide bonds. The molecule has 0 aliphatic heterocycles. The fraction of sp³-hybridized carbons (Fsp3) is 0. The topological polar surface area (TPSA) is 48.5 Å². The first-order valence-electron chi connectivity index (χ1n) is 18.2. The third kappa shape index (κ3) is 4.62. The van der Waals surface area contributed by atoms with Gasteiger partial charge in [0.05, 0.1) is 33.4 Å². The molecule has 0 bridgehead atoms. The van der Waals surface area contributed by atoms with Crippen LogP contribution in [0.2, 0.25) is 0 Å². The summed E-state index contributed by atoms with van der Waals surface area (Å²) in [5.41, 5.74) is 9.50. The average Bonchev–Trinajstić information content (AvgIpc) is 3.77. The summed E-state index contributed by atoms with van der Waals surface area (Å²) in [7, 11) is 0. The van der Waals surface area contributed by atoms with Gasteiger partial charge < -0.3 is 9.13 Å². The number of para-hydroxylation sites is 3. The van der Waals surface area contributed by atoms with E-state index >= 15 is 0 Å². The van der Waals surface area contributed by atoms with E-state index in [0.717, 1.165) is 44.6 Å². The summed E-state index contributed by atoms with van der Waals surface area (Å²) in [5, 5.41) is 7.19. The number of hydrogen-bond donors (Lipinski definition) is 0. The Labute approximate surface area is 311 Å². The zero-order valence-corrected chi connectivity index (χ0v) is 29.1. The molecule has 0 saturated heterocycles. The van der Waals surface area contributed by atoms with Gasteiger partial charge in [0.25, 0.3) is 0 Å². The lowest BCUT2D eigenvalue weighted by Gasteiger charge is -2.16. The van der Waals surface area contributed by atoms with E-state index in [9.17, 15) is 0 Å². The lowest BCUT2D eigenvalue weighted by molar-refractivity contribution is 1.06. The molecule has 0 aliphatic rings. The summed E-state index contributed by atoms with van der Waals surface area (Å²) in [4.78, 5) is 15.4. The van der Waals surface area contributed by atoms with Crippen molar-refractivity contribution < 1.29 is 0 Å². The smallest absolute Gasteiger partial charge is 0.166 e. The summed E-state index contributed by atoms with van der Waals surface area (Å²) in [6.45, 7) is 0. The van der Waals surface area contributed by atoms with E-state index in [1.54, 1.807) is 0 Å². The molecule has 5 heteroatoms. The molecule has 8 aromatic carbocycles. The molecule has 252 valence electrons. The number of benzene rings is 8. The van der Waals surface area contributed by atoms with E-state index in [2.05, 4.69) is 161 Å². The van der Waals surface area contributed by atoms with Crippen LogP contribution in [0.1, 0.15) is 0 Å². The second-order valence-corrected chi connectivity index (χ2v) is 13.6. The SMILES string of the molecule is c1ccc(-c2nc(-c3ccccc3)nc(-c3ccccc3-n3c4ccccc4c4ccc5c6ccccc6n(-c6cccc7ccccc67)c5c43)n2)cc1. The van der Waals surface area contributed by atoms with Gasteiger partial charge >= 0.3 is 0 Å². The van der Waals surface area contributed by atoms with Crippen LogP contribution in [0.3, 0.4) is 0 Å². The molecule has 5 nitrogen and oxygen atoms in total. The molecule has 0 radical (unpaired) electrons. The molecule has 54 heavy (non-hydrogen) atoms. The third-order valence-electron chi connectivity index (χ3n) is 10.6. The molecule has 0 unspecified atom stereocenters. The van der Waals surface area contributed by atoms with Gasteiger partial charge in [-0.05, 0) is 35.7 Å². The van der Waals surface area contributed by atoms with Crippen molar-refractivity contribution in [3.05, 3.63) is 188 Å². The Hall–Kier alpha value is -7.37. The normalized spacial score (nSPS) is 11.7. The van der Waals surface area contributed by atoms with E-state index in [4.69, 9.17) is 15.0 Å². The van der Waals surface area contributed by atoms with Crippen molar-refractivity contribution in [1.29, 1.82) is 0 Å². The van der Waals surface area contributed by atoms with Gasteiger partial charge in [-0.15, -0.1) is 0 Å². The number of rotatable bonds is 5. The first-order chi connectivity index (χ1) is 26.8. The van der Waals surface area contributed by atoms with Gasteiger partial charge in [0.2, 0.25) is 0 Å². The van der Waals surface area contributed by atoms with Crippen molar-refractivity contribution in [2.75, 3.05) is 0 Å². The molecule has 3 heterocycles. The van der Waals surface area contributed by atoms with Crippen molar-refractivity contribution in [3.63, 3.8) is 0 Å². The molecule has 3 aromatic heterocycles. The van der Waals surface area contributed by atoms with Gasteiger partial charge in [-0.1, -0.05) is 158 Å². The summed E-state index contributed by atoms with van der Waals surface area (Å²) in [6.07, 6.45) is 0.